The number of carboxylic acids is 2. The molecule has 1 saturated heterocycles. The lowest BCUT2D eigenvalue weighted by molar-refractivity contribution is -0.138. The van der Waals surface area contributed by atoms with Crippen LogP contribution in [0.2, 0.25) is 0 Å². The van der Waals surface area contributed by atoms with Gasteiger partial charge in [-0.2, -0.15) is 0 Å². The minimum atomic E-state index is -0.863. The molecule has 8 nitrogen and oxygen atoms in total. The number of aliphatic carboxylic acids is 2. The number of thioether (sulfide) groups is 1. The summed E-state index contributed by atoms with van der Waals surface area (Å²) in [4.78, 5) is 35.9. The number of fused-ring (bicyclic) bond motifs is 9. The van der Waals surface area contributed by atoms with Crippen molar-refractivity contribution in [2.24, 2.45) is 0 Å². The molecule has 1 spiro atoms. The van der Waals surface area contributed by atoms with Gasteiger partial charge in [0, 0.05) is 67.5 Å². The van der Waals surface area contributed by atoms with Crippen molar-refractivity contribution >= 4 is 65.5 Å². The standard InChI is InChI=1S/C34H36N4O4S2/c1-15-21(7-9-31(39)40)27-13-28-22(8-10-32(41)42)16(2)25(36-28)14-30-34(20(6)44-34)18(4)26(38-30)12-29-33(19(5)43)17(3)24(37-29)11-23(15)35-27/h11-14,35-38,43H,6-10H2,1-5H3,(H,39,40)(H,41,42)/b23-11-,27-13-,29-12-,30-14-,33-19+/t34-/m1/s1. The van der Waals surface area contributed by atoms with Crippen LogP contribution in [0.5, 0.6) is 0 Å². The highest BCUT2D eigenvalue weighted by Crippen LogP contribution is 2.67. The summed E-state index contributed by atoms with van der Waals surface area (Å²) in [6.45, 7) is 14.5. The van der Waals surface area contributed by atoms with Crippen LogP contribution in [-0.4, -0.2) is 41.9 Å². The van der Waals surface area contributed by atoms with Gasteiger partial charge in [-0.25, -0.2) is 0 Å². The fraction of sp³-hybridized carbons (Fsp3) is 0.294. The number of thiol groups is 1. The van der Waals surface area contributed by atoms with E-state index in [4.69, 9.17) is 12.6 Å². The third-order valence-electron chi connectivity index (χ3n) is 9.12. The van der Waals surface area contributed by atoms with Crippen LogP contribution in [0.3, 0.4) is 0 Å². The summed E-state index contributed by atoms with van der Waals surface area (Å²) in [6.07, 6.45) is 9.03. The predicted octanol–water partition coefficient (Wildman–Crippen LogP) is 3.36. The Balaban J connectivity index is 1.71. The zero-order valence-corrected chi connectivity index (χ0v) is 27.1. The Morgan fingerprint density at radius 2 is 1.43 bits per heavy atom. The molecule has 3 aromatic heterocycles. The molecule has 44 heavy (non-hydrogen) atoms. The Morgan fingerprint density at radius 3 is 2.05 bits per heavy atom. The second-order valence-electron chi connectivity index (χ2n) is 11.8. The third kappa shape index (κ3) is 4.90. The van der Waals surface area contributed by atoms with E-state index in [2.05, 4.69) is 58.9 Å². The summed E-state index contributed by atoms with van der Waals surface area (Å²) in [5.41, 5.74) is 10.7. The summed E-state index contributed by atoms with van der Waals surface area (Å²) in [5, 5.41) is 26.4. The number of hydrogen-bond donors (Lipinski definition) is 7. The van der Waals surface area contributed by atoms with Crippen LogP contribution in [-0.2, 0) is 22.4 Å². The molecule has 3 aromatic rings. The number of carbonyl (C=O) groups is 2. The van der Waals surface area contributed by atoms with Gasteiger partial charge in [0.25, 0.3) is 0 Å². The fourth-order valence-corrected chi connectivity index (χ4v) is 7.94. The van der Waals surface area contributed by atoms with Gasteiger partial charge in [0.1, 0.15) is 4.75 Å². The highest BCUT2D eigenvalue weighted by atomic mass is 32.2. The smallest absolute Gasteiger partial charge is 0.303 e. The van der Waals surface area contributed by atoms with E-state index in [1.165, 1.54) is 5.57 Å². The van der Waals surface area contributed by atoms with Crippen LogP contribution in [0.4, 0.5) is 0 Å². The van der Waals surface area contributed by atoms with E-state index in [1.54, 1.807) is 11.8 Å². The lowest BCUT2D eigenvalue weighted by atomic mass is 9.97. The van der Waals surface area contributed by atoms with Gasteiger partial charge in [0.15, 0.2) is 0 Å². The Bertz CT molecular complexity index is 2120. The van der Waals surface area contributed by atoms with Crippen molar-refractivity contribution in [3.05, 3.63) is 94.6 Å². The van der Waals surface area contributed by atoms with E-state index < -0.39 is 11.9 Å². The number of aromatic amines is 3. The molecule has 8 bridgehead atoms. The number of rotatable bonds is 6. The second kappa shape index (κ2) is 10.9. The summed E-state index contributed by atoms with van der Waals surface area (Å²) in [5.74, 6) is -1.72. The van der Waals surface area contributed by atoms with E-state index in [-0.39, 0.29) is 17.6 Å². The Morgan fingerprint density at radius 1 is 0.818 bits per heavy atom. The van der Waals surface area contributed by atoms with Crippen molar-refractivity contribution in [3.8, 4) is 0 Å². The molecular weight excluding hydrogens is 593 g/mol. The van der Waals surface area contributed by atoms with Crippen LogP contribution in [0.1, 0.15) is 71.6 Å². The molecule has 0 radical (unpaired) electrons. The average molecular weight is 629 g/mol. The molecule has 0 amide bonds. The van der Waals surface area contributed by atoms with E-state index >= 15 is 0 Å². The number of aromatic nitrogens is 3. The monoisotopic (exact) mass is 628 g/mol. The molecule has 228 valence electrons. The first-order valence-electron chi connectivity index (χ1n) is 14.6. The lowest BCUT2D eigenvalue weighted by Gasteiger charge is -2.09. The number of H-pyrrole nitrogens is 3. The minimum absolute atomic E-state index is 0.00304. The number of nitrogens with one attached hydrogen (secondary N) is 4. The topological polar surface area (TPSA) is 134 Å². The molecule has 6 rings (SSSR count). The van der Waals surface area contributed by atoms with Gasteiger partial charge in [0.2, 0.25) is 0 Å². The van der Waals surface area contributed by atoms with E-state index in [0.717, 1.165) is 87.4 Å². The maximum atomic E-state index is 11.6. The van der Waals surface area contributed by atoms with Crippen LogP contribution < -0.4 is 26.6 Å². The van der Waals surface area contributed by atoms with Crippen LogP contribution in [0.15, 0.2) is 28.5 Å². The zero-order chi connectivity index (χ0) is 31.7. The molecule has 1 atom stereocenters. The first-order chi connectivity index (χ1) is 20.8. The van der Waals surface area contributed by atoms with E-state index in [0.29, 0.717) is 12.8 Å². The molecule has 6 heterocycles. The van der Waals surface area contributed by atoms with E-state index in [9.17, 15) is 19.8 Å². The van der Waals surface area contributed by atoms with Gasteiger partial charge < -0.3 is 30.5 Å². The molecular formula is C34H36N4O4S2. The lowest BCUT2D eigenvalue weighted by Crippen LogP contribution is -2.26. The molecule has 0 aromatic carbocycles. The van der Waals surface area contributed by atoms with E-state index in [1.807, 2.05) is 26.8 Å². The van der Waals surface area contributed by atoms with Crippen molar-refractivity contribution in [1.29, 1.82) is 0 Å². The molecule has 3 aliphatic heterocycles. The molecule has 1 fully saturated rings. The maximum Gasteiger partial charge on any atom is 0.303 e. The van der Waals surface area contributed by atoms with Crippen LogP contribution in [0.25, 0.3) is 29.2 Å². The first-order valence-corrected chi connectivity index (χ1v) is 15.8. The molecule has 0 aliphatic carbocycles. The molecule has 0 saturated carbocycles. The zero-order valence-electron chi connectivity index (χ0n) is 25.4. The average Bonchev–Trinajstić information content (AvgIpc) is 3.08. The van der Waals surface area contributed by atoms with Gasteiger partial charge in [-0.3, -0.25) is 9.59 Å². The van der Waals surface area contributed by atoms with Gasteiger partial charge in [-0.1, -0.05) is 6.58 Å². The maximum absolute atomic E-state index is 11.6. The quantitative estimate of drug-likeness (QED) is 0.165. The van der Waals surface area contributed by atoms with Gasteiger partial charge in [0.05, 0.1) is 0 Å². The first kappa shape index (κ1) is 30.0. The Labute approximate surface area is 264 Å². The minimum Gasteiger partial charge on any atom is -0.481 e. The van der Waals surface area contributed by atoms with Crippen LogP contribution in [0, 0.1) is 20.8 Å². The van der Waals surface area contributed by atoms with Crippen molar-refractivity contribution in [1.82, 2.24) is 20.3 Å². The molecule has 6 N–H and O–H groups in total. The SMILES string of the molecule is C=C1S[C@]12C(C)=C1/C=c3\[nH]c(c(C)\c3=C(\C)S)/C=c3\[nH]/c(c(CCC(=O)O)c3C)=C\c3[nH]c(c(C)c3CCC(=O)O)/C=C/2N1. The molecule has 10 heteroatoms. The Kier molecular flexibility index (Phi) is 7.41. The van der Waals surface area contributed by atoms with Gasteiger partial charge in [-0.15, -0.1) is 24.4 Å². The predicted molar refractivity (Wildman–Crippen MR) is 180 cm³/mol. The summed E-state index contributed by atoms with van der Waals surface area (Å²) in [6, 6.07) is 0. The van der Waals surface area contributed by atoms with Crippen molar-refractivity contribution in [2.45, 2.75) is 65.0 Å². The van der Waals surface area contributed by atoms with Crippen molar-refractivity contribution in [3.63, 3.8) is 0 Å². The molecule has 3 aliphatic rings. The highest BCUT2D eigenvalue weighted by molar-refractivity contribution is 8.13. The summed E-state index contributed by atoms with van der Waals surface area (Å²) in [7, 11) is 0. The number of carboxylic acid groups (broad SMARTS) is 2. The van der Waals surface area contributed by atoms with Crippen LogP contribution >= 0.6 is 24.4 Å². The summed E-state index contributed by atoms with van der Waals surface area (Å²) < 4.78 is -0.339. The number of allylic oxidation sites excluding steroid dienone is 1. The largest absolute Gasteiger partial charge is 0.481 e. The Hall–Kier alpha value is -4.02. The summed E-state index contributed by atoms with van der Waals surface area (Å²) >= 11 is 6.49. The fourth-order valence-electron chi connectivity index (χ4n) is 6.59. The van der Waals surface area contributed by atoms with Gasteiger partial charge >= 0.3 is 11.9 Å². The highest BCUT2D eigenvalue weighted by Gasteiger charge is 2.58. The number of hydrogen-bond acceptors (Lipinski definition) is 5. The van der Waals surface area contributed by atoms with Gasteiger partial charge in [-0.05, 0) is 110 Å². The normalized spacial score (nSPS) is 22.7. The third-order valence-corrected chi connectivity index (χ3v) is 10.8. The molecule has 0 unspecified atom stereocenters. The van der Waals surface area contributed by atoms with Crippen molar-refractivity contribution < 1.29 is 19.8 Å². The second-order valence-corrected chi connectivity index (χ2v) is 13.8. The van der Waals surface area contributed by atoms with Crippen molar-refractivity contribution in [2.75, 3.05) is 0 Å².